The van der Waals surface area contributed by atoms with Crippen LogP contribution in [0, 0.1) is 0 Å². The molecule has 2 heterocycles. The third-order valence-electron chi connectivity index (χ3n) is 6.66. The standard InChI is InChI=1S/C27H29NO2/c1-4-12-22(13-5-1)26(23-14-6-2-7-15-23)20-29-27(30-21-26,24-16-8-3-9-17-24)25-18-10-11-19-28-25/h1-9,12-17,25,28H,10-11,18-21H2. The third kappa shape index (κ3) is 3.37. The zero-order valence-corrected chi connectivity index (χ0v) is 17.3. The molecule has 154 valence electrons. The van der Waals surface area contributed by atoms with E-state index in [2.05, 4.69) is 90.2 Å². The van der Waals surface area contributed by atoms with Gasteiger partial charge in [-0.25, -0.2) is 0 Å². The van der Waals surface area contributed by atoms with Gasteiger partial charge in [0.05, 0.1) is 24.7 Å². The van der Waals surface area contributed by atoms with Crippen molar-refractivity contribution >= 4 is 0 Å². The van der Waals surface area contributed by atoms with Gasteiger partial charge in [0.15, 0.2) is 0 Å². The molecule has 1 atom stereocenters. The summed E-state index contributed by atoms with van der Waals surface area (Å²) in [5, 5.41) is 3.69. The first-order chi connectivity index (χ1) is 14.8. The molecule has 5 rings (SSSR count). The number of nitrogens with one attached hydrogen (secondary N) is 1. The van der Waals surface area contributed by atoms with Gasteiger partial charge >= 0.3 is 0 Å². The van der Waals surface area contributed by atoms with Crippen molar-refractivity contribution in [3.8, 4) is 0 Å². The van der Waals surface area contributed by atoms with E-state index in [4.69, 9.17) is 9.47 Å². The monoisotopic (exact) mass is 399 g/mol. The summed E-state index contributed by atoms with van der Waals surface area (Å²) >= 11 is 0. The molecule has 3 aromatic carbocycles. The van der Waals surface area contributed by atoms with Gasteiger partial charge in [0.1, 0.15) is 0 Å². The Balaban J connectivity index is 1.55. The van der Waals surface area contributed by atoms with Crippen molar-refractivity contribution in [1.29, 1.82) is 0 Å². The van der Waals surface area contributed by atoms with Gasteiger partial charge in [0, 0.05) is 5.56 Å². The van der Waals surface area contributed by atoms with Crippen LogP contribution in [0.1, 0.15) is 36.0 Å². The molecule has 3 aromatic rings. The summed E-state index contributed by atoms with van der Waals surface area (Å²) in [6.45, 7) is 2.16. The predicted molar refractivity (Wildman–Crippen MR) is 119 cm³/mol. The molecule has 1 unspecified atom stereocenters. The molecule has 30 heavy (non-hydrogen) atoms. The van der Waals surface area contributed by atoms with Crippen molar-refractivity contribution in [2.24, 2.45) is 0 Å². The SMILES string of the molecule is c1ccc(C2(c3ccccc3)COC(c3ccccc3)(C3CCCCN3)OC2)cc1. The van der Waals surface area contributed by atoms with Crippen LogP contribution in [-0.4, -0.2) is 25.8 Å². The van der Waals surface area contributed by atoms with Crippen molar-refractivity contribution in [3.05, 3.63) is 108 Å². The van der Waals surface area contributed by atoms with Crippen LogP contribution in [0.25, 0.3) is 0 Å². The minimum atomic E-state index is -0.755. The van der Waals surface area contributed by atoms with Crippen LogP contribution in [0.3, 0.4) is 0 Å². The molecule has 0 amide bonds. The van der Waals surface area contributed by atoms with E-state index in [0.717, 1.165) is 18.5 Å². The number of ether oxygens (including phenoxy) is 2. The number of hydrogen-bond acceptors (Lipinski definition) is 3. The molecule has 0 aromatic heterocycles. The molecule has 0 aliphatic carbocycles. The Morgan fingerprint density at radius 2 is 1.13 bits per heavy atom. The third-order valence-corrected chi connectivity index (χ3v) is 6.66. The van der Waals surface area contributed by atoms with Crippen LogP contribution in [0.4, 0.5) is 0 Å². The van der Waals surface area contributed by atoms with Gasteiger partial charge in [-0.3, -0.25) is 0 Å². The molecule has 2 fully saturated rings. The molecular formula is C27H29NO2. The molecule has 0 spiro atoms. The van der Waals surface area contributed by atoms with Crippen LogP contribution in [-0.2, 0) is 20.7 Å². The summed E-state index contributed by atoms with van der Waals surface area (Å²) in [5.74, 6) is -0.755. The van der Waals surface area contributed by atoms with Crippen LogP contribution >= 0.6 is 0 Å². The number of piperidine rings is 1. The molecule has 0 radical (unpaired) electrons. The first-order valence-corrected chi connectivity index (χ1v) is 11.0. The second kappa shape index (κ2) is 8.35. The summed E-state index contributed by atoms with van der Waals surface area (Å²) in [4.78, 5) is 0. The van der Waals surface area contributed by atoms with E-state index in [1.807, 2.05) is 6.07 Å². The lowest BCUT2D eigenvalue weighted by molar-refractivity contribution is -0.310. The first kappa shape index (κ1) is 19.5. The van der Waals surface area contributed by atoms with Gasteiger partial charge in [-0.15, -0.1) is 0 Å². The van der Waals surface area contributed by atoms with E-state index < -0.39 is 5.79 Å². The average Bonchev–Trinajstić information content (AvgIpc) is 2.86. The summed E-state index contributed by atoms with van der Waals surface area (Å²) in [7, 11) is 0. The Hall–Kier alpha value is -2.46. The van der Waals surface area contributed by atoms with E-state index in [9.17, 15) is 0 Å². The van der Waals surface area contributed by atoms with Gasteiger partial charge in [-0.2, -0.15) is 0 Å². The van der Waals surface area contributed by atoms with E-state index in [0.29, 0.717) is 13.2 Å². The van der Waals surface area contributed by atoms with Crippen LogP contribution in [0.15, 0.2) is 91.0 Å². The Morgan fingerprint density at radius 3 is 1.60 bits per heavy atom. The Bertz CT molecular complexity index is 887. The maximum absolute atomic E-state index is 6.83. The molecule has 1 N–H and O–H groups in total. The van der Waals surface area contributed by atoms with E-state index in [1.165, 1.54) is 24.0 Å². The Kier molecular flexibility index (Phi) is 5.43. The number of rotatable bonds is 4. The fourth-order valence-electron chi connectivity index (χ4n) is 4.97. The largest absolute Gasteiger partial charge is 0.343 e. The highest BCUT2D eigenvalue weighted by Crippen LogP contribution is 2.45. The molecule has 3 nitrogen and oxygen atoms in total. The maximum Gasteiger partial charge on any atom is 0.210 e. The minimum absolute atomic E-state index is 0.151. The second-order valence-electron chi connectivity index (χ2n) is 8.43. The maximum atomic E-state index is 6.83. The van der Waals surface area contributed by atoms with Crippen LogP contribution < -0.4 is 5.32 Å². The molecule has 2 aliphatic rings. The normalized spacial score (nSPS) is 23.0. The summed E-state index contributed by atoms with van der Waals surface area (Å²) in [6.07, 6.45) is 3.46. The van der Waals surface area contributed by atoms with Gasteiger partial charge in [0.2, 0.25) is 5.79 Å². The Morgan fingerprint density at radius 1 is 0.633 bits per heavy atom. The molecule has 0 bridgehead atoms. The van der Waals surface area contributed by atoms with E-state index in [-0.39, 0.29) is 11.5 Å². The molecule has 3 heteroatoms. The van der Waals surface area contributed by atoms with Gasteiger partial charge in [0.25, 0.3) is 0 Å². The smallest absolute Gasteiger partial charge is 0.210 e. The lowest BCUT2D eigenvalue weighted by Crippen LogP contribution is -2.60. The van der Waals surface area contributed by atoms with Crippen molar-refractivity contribution in [3.63, 3.8) is 0 Å². The van der Waals surface area contributed by atoms with Crippen LogP contribution in [0.2, 0.25) is 0 Å². The zero-order valence-electron chi connectivity index (χ0n) is 17.3. The predicted octanol–water partition coefficient (Wildman–Crippen LogP) is 5.01. The Labute approximate surface area is 179 Å². The summed E-state index contributed by atoms with van der Waals surface area (Å²) in [6, 6.07) is 31.9. The molecular weight excluding hydrogens is 370 g/mol. The van der Waals surface area contributed by atoms with E-state index >= 15 is 0 Å². The van der Waals surface area contributed by atoms with Gasteiger partial charge in [-0.05, 0) is 30.5 Å². The van der Waals surface area contributed by atoms with E-state index in [1.54, 1.807) is 0 Å². The fourth-order valence-corrected chi connectivity index (χ4v) is 4.97. The van der Waals surface area contributed by atoms with Crippen molar-refractivity contribution in [2.75, 3.05) is 19.8 Å². The molecule has 2 aliphatic heterocycles. The topological polar surface area (TPSA) is 30.5 Å². The average molecular weight is 400 g/mol. The first-order valence-electron chi connectivity index (χ1n) is 11.0. The zero-order chi connectivity index (χ0) is 20.3. The minimum Gasteiger partial charge on any atom is -0.343 e. The van der Waals surface area contributed by atoms with Gasteiger partial charge < -0.3 is 14.8 Å². The summed E-state index contributed by atoms with van der Waals surface area (Å²) < 4.78 is 13.7. The highest BCUT2D eigenvalue weighted by Gasteiger charge is 2.51. The quantitative estimate of drug-likeness (QED) is 0.669. The number of benzene rings is 3. The molecule has 2 saturated heterocycles. The lowest BCUT2D eigenvalue weighted by Gasteiger charge is -2.51. The van der Waals surface area contributed by atoms with Gasteiger partial charge in [-0.1, -0.05) is 97.4 Å². The number of hydrogen-bond donors (Lipinski definition) is 1. The highest BCUT2D eigenvalue weighted by molar-refractivity contribution is 5.41. The van der Waals surface area contributed by atoms with Crippen molar-refractivity contribution < 1.29 is 9.47 Å². The molecule has 0 saturated carbocycles. The fraction of sp³-hybridized carbons (Fsp3) is 0.333. The highest BCUT2D eigenvalue weighted by atomic mass is 16.7. The van der Waals surface area contributed by atoms with Crippen LogP contribution in [0.5, 0.6) is 0 Å². The van der Waals surface area contributed by atoms with Crippen molar-refractivity contribution in [2.45, 2.75) is 36.5 Å². The summed E-state index contributed by atoms with van der Waals surface area (Å²) in [5.41, 5.74) is 3.23. The second-order valence-corrected chi connectivity index (χ2v) is 8.43. The lowest BCUT2D eigenvalue weighted by atomic mass is 9.74. The van der Waals surface area contributed by atoms with Crippen molar-refractivity contribution in [1.82, 2.24) is 5.32 Å².